The zero-order valence-corrected chi connectivity index (χ0v) is 11.7. The number of imidazole rings is 1. The van der Waals surface area contributed by atoms with Crippen LogP contribution in [0.2, 0.25) is 0 Å². The Morgan fingerprint density at radius 3 is 2.79 bits per heavy atom. The lowest BCUT2D eigenvalue weighted by atomic mass is 9.89. The van der Waals surface area contributed by atoms with Crippen LogP contribution in [0.15, 0.2) is 18.2 Å². The molecule has 102 valence electrons. The van der Waals surface area contributed by atoms with E-state index in [9.17, 15) is 4.39 Å². The number of hydrogen-bond acceptors (Lipinski definition) is 1. The SMILES string of the molecule is Fc1ccc2c(c1)nc(CCl)n2CC1CCCCC1. The lowest BCUT2D eigenvalue weighted by Crippen LogP contribution is -2.15. The van der Waals surface area contributed by atoms with Crippen LogP contribution in [0.1, 0.15) is 37.9 Å². The van der Waals surface area contributed by atoms with E-state index in [0.717, 1.165) is 17.9 Å². The molecule has 0 atom stereocenters. The molecule has 1 heterocycles. The Morgan fingerprint density at radius 1 is 1.26 bits per heavy atom. The first-order chi connectivity index (χ1) is 9.28. The minimum absolute atomic E-state index is 0.240. The third kappa shape index (κ3) is 2.62. The van der Waals surface area contributed by atoms with Gasteiger partial charge in [0.2, 0.25) is 0 Å². The Labute approximate surface area is 117 Å². The molecule has 2 aromatic rings. The average molecular weight is 281 g/mol. The molecule has 1 saturated carbocycles. The van der Waals surface area contributed by atoms with Gasteiger partial charge in [-0.3, -0.25) is 0 Å². The molecular formula is C15H18ClFN2. The Kier molecular flexibility index (Phi) is 3.74. The minimum atomic E-state index is -0.240. The van der Waals surface area contributed by atoms with Gasteiger partial charge in [0.1, 0.15) is 11.6 Å². The van der Waals surface area contributed by atoms with E-state index >= 15 is 0 Å². The highest BCUT2D eigenvalue weighted by Gasteiger charge is 2.18. The molecule has 1 aliphatic carbocycles. The lowest BCUT2D eigenvalue weighted by Gasteiger charge is -2.23. The number of nitrogens with zero attached hydrogens (tertiary/aromatic N) is 2. The van der Waals surface area contributed by atoms with Gasteiger partial charge in [-0.1, -0.05) is 19.3 Å². The highest BCUT2D eigenvalue weighted by atomic mass is 35.5. The summed E-state index contributed by atoms with van der Waals surface area (Å²) in [7, 11) is 0. The Bertz CT molecular complexity index is 573. The quantitative estimate of drug-likeness (QED) is 0.757. The number of benzene rings is 1. The van der Waals surface area contributed by atoms with Crippen LogP contribution >= 0.6 is 11.6 Å². The molecule has 0 radical (unpaired) electrons. The van der Waals surface area contributed by atoms with Crippen molar-refractivity contribution in [3.8, 4) is 0 Å². The molecule has 0 N–H and O–H groups in total. The summed E-state index contributed by atoms with van der Waals surface area (Å²) < 4.78 is 15.4. The molecule has 0 amide bonds. The van der Waals surface area contributed by atoms with Crippen LogP contribution in [-0.4, -0.2) is 9.55 Å². The maximum Gasteiger partial charge on any atom is 0.125 e. The molecule has 1 aromatic carbocycles. The standard InChI is InChI=1S/C15H18ClFN2/c16-9-15-18-13-8-12(17)6-7-14(13)19(15)10-11-4-2-1-3-5-11/h6-8,11H,1-5,9-10H2. The summed E-state index contributed by atoms with van der Waals surface area (Å²) in [6, 6.07) is 4.80. The number of fused-ring (bicyclic) bond motifs is 1. The molecule has 0 bridgehead atoms. The average Bonchev–Trinajstić information content (AvgIpc) is 2.77. The van der Waals surface area contributed by atoms with Gasteiger partial charge in [-0.2, -0.15) is 0 Å². The second-order valence-electron chi connectivity index (χ2n) is 5.41. The summed E-state index contributed by atoms with van der Waals surface area (Å²) in [4.78, 5) is 4.45. The van der Waals surface area contributed by atoms with Crippen molar-refractivity contribution in [2.24, 2.45) is 5.92 Å². The van der Waals surface area contributed by atoms with Gasteiger partial charge < -0.3 is 4.57 Å². The molecule has 0 spiro atoms. The lowest BCUT2D eigenvalue weighted by molar-refractivity contribution is 0.320. The van der Waals surface area contributed by atoms with E-state index in [-0.39, 0.29) is 5.82 Å². The van der Waals surface area contributed by atoms with E-state index in [2.05, 4.69) is 9.55 Å². The van der Waals surface area contributed by atoms with Gasteiger partial charge in [-0.15, -0.1) is 11.6 Å². The molecule has 1 fully saturated rings. The molecule has 0 saturated heterocycles. The van der Waals surface area contributed by atoms with Crippen molar-refractivity contribution in [1.82, 2.24) is 9.55 Å². The van der Waals surface area contributed by atoms with Crippen molar-refractivity contribution < 1.29 is 4.39 Å². The topological polar surface area (TPSA) is 17.8 Å². The van der Waals surface area contributed by atoms with Gasteiger partial charge in [-0.25, -0.2) is 9.37 Å². The zero-order chi connectivity index (χ0) is 13.2. The summed E-state index contributed by atoms with van der Waals surface area (Å²) in [5.74, 6) is 1.70. The fourth-order valence-corrected chi connectivity index (χ4v) is 3.29. The summed E-state index contributed by atoms with van der Waals surface area (Å²) in [5.41, 5.74) is 1.72. The van der Waals surface area contributed by atoms with E-state index in [1.54, 1.807) is 0 Å². The van der Waals surface area contributed by atoms with Gasteiger partial charge in [0, 0.05) is 12.6 Å². The van der Waals surface area contributed by atoms with E-state index in [4.69, 9.17) is 11.6 Å². The molecule has 19 heavy (non-hydrogen) atoms. The van der Waals surface area contributed by atoms with Crippen molar-refractivity contribution in [2.75, 3.05) is 0 Å². The number of alkyl halides is 1. The van der Waals surface area contributed by atoms with Gasteiger partial charge in [0.15, 0.2) is 0 Å². The van der Waals surface area contributed by atoms with Crippen LogP contribution in [0, 0.1) is 11.7 Å². The van der Waals surface area contributed by atoms with Crippen LogP contribution in [0.25, 0.3) is 11.0 Å². The molecule has 2 nitrogen and oxygen atoms in total. The van der Waals surface area contributed by atoms with Gasteiger partial charge >= 0.3 is 0 Å². The second-order valence-corrected chi connectivity index (χ2v) is 5.68. The third-order valence-electron chi connectivity index (χ3n) is 4.07. The zero-order valence-electron chi connectivity index (χ0n) is 10.9. The molecular weight excluding hydrogens is 263 g/mol. The van der Waals surface area contributed by atoms with E-state index in [1.165, 1.54) is 44.2 Å². The van der Waals surface area contributed by atoms with E-state index in [0.29, 0.717) is 17.3 Å². The van der Waals surface area contributed by atoms with Gasteiger partial charge in [0.25, 0.3) is 0 Å². The molecule has 1 aromatic heterocycles. The maximum atomic E-state index is 13.3. The predicted octanol–water partition coefficient (Wildman–Crippen LogP) is 4.49. The fraction of sp³-hybridized carbons (Fsp3) is 0.533. The van der Waals surface area contributed by atoms with Crippen molar-refractivity contribution in [3.63, 3.8) is 0 Å². The first kappa shape index (κ1) is 12.9. The van der Waals surface area contributed by atoms with Crippen LogP contribution in [0.5, 0.6) is 0 Å². The van der Waals surface area contributed by atoms with Crippen LogP contribution in [0.3, 0.4) is 0 Å². The van der Waals surface area contributed by atoms with Crippen LogP contribution in [-0.2, 0) is 12.4 Å². The van der Waals surface area contributed by atoms with Gasteiger partial charge in [0.05, 0.1) is 16.9 Å². The summed E-state index contributed by atoms with van der Waals surface area (Å²) >= 11 is 5.98. The van der Waals surface area contributed by atoms with Crippen molar-refractivity contribution in [3.05, 3.63) is 29.8 Å². The van der Waals surface area contributed by atoms with Crippen LogP contribution in [0.4, 0.5) is 4.39 Å². The number of aromatic nitrogens is 2. The molecule has 0 unspecified atom stereocenters. The number of rotatable bonds is 3. The Hall–Kier alpha value is -1.09. The highest BCUT2D eigenvalue weighted by molar-refractivity contribution is 6.16. The van der Waals surface area contributed by atoms with Crippen molar-refractivity contribution in [2.45, 2.75) is 44.5 Å². The number of hydrogen-bond donors (Lipinski definition) is 0. The first-order valence-corrected chi connectivity index (χ1v) is 7.52. The summed E-state index contributed by atoms with van der Waals surface area (Å²) in [6.07, 6.45) is 6.56. The Morgan fingerprint density at radius 2 is 2.05 bits per heavy atom. The molecule has 0 aliphatic heterocycles. The molecule has 1 aliphatic rings. The molecule has 3 rings (SSSR count). The third-order valence-corrected chi connectivity index (χ3v) is 4.31. The Balaban J connectivity index is 1.95. The van der Waals surface area contributed by atoms with E-state index in [1.807, 2.05) is 6.07 Å². The monoisotopic (exact) mass is 280 g/mol. The van der Waals surface area contributed by atoms with Crippen molar-refractivity contribution in [1.29, 1.82) is 0 Å². The van der Waals surface area contributed by atoms with Crippen molar-refractivity contribution >= 4 is 22.6 Å². The smallest absolute Gasteiger partial charge is 0.125 e. The number of halogens is 2. The largest absolute Gasteiger partial charge is 0.327 e. The maximum absolute atomic E-state index is 13.3. The normalized spacial score (nSPS) is 17.2. The molecule has 4 heteroatoms. The summed E-state index contributed by atoms with van der Waals surface area (Å²) in [5, 5.41) is 0. The second kappa shape index (κ2) is 5.49. The first-order valence-electron chi connectivity index (χ1n) is 6.98. The summed E-state index contributed by atoms with van der Waals surface area (Å²) in [6.45, 7) is 0.962. The minimum Gasteiger partial charge on any atom is -0.327 e. The van der Waals surface area contributed by atoms with Gasteiger partial charge in [-0.05, 0) is 30.9 Å². The van der Waals surface area contributed by atoms with E-state index < -0.39 is 0 Å². The fourth-order valence-electron chi connectivity index (χ4n) is 3.09. The predicted molar refractivity (Wildman–Crippen MR) is 75.8 cm³/mol. The highest BCUT2D eigenvalue weighted by Crippen LogP contribution is 2.28. The van der Waals surface area contributed by atoms with Crippen LogP contribution < -0.4 is 0 Å².